The van der Waals surface area contributed by atoms with Crippen LogP contribution in [0.2, 0.25) is 0 Å². The van der Waals surface area contributed by atoms with Crippen molar-refractivity contribution in [2.75, 3.05) is 33.5 Å². The highest BCUT2D eigenvalue weighted by Gasteiger charge is 2.32. The van der Waals surface area contributed by atoms with E-state index in [4.69, 9.17) is 23.7 Å². The number of carbonyl (C=O) groups excluding carboxylic acids is 4. The van der Waals surface area contributed by atoms with Crippen LogP contribution in [-0.4, -0.2) is 57.4 Å². The Morgan fingerprint density at radius 2 is 1.41 bits per heavy atom. The molecule has 0 radical (unpaired) electrons. The van der Waals surface area contributed by atoms with Crippen LogP contribution >= 0.6 is 0 Å². The summed E-state index contributed by atoms with van der Waals surface area (Å²) < 4.78 is 31.9. The summed E-state index contributed by atoms with van der Waals surface area (Å²) in [7, 11) is 1.27. The van der Waals surface area contributed by atoms with Gasteiger partial charge in [0.2, 0.25) is 0 Å². The zero-order chi connectivity index (χ0) is 33.3. The van der Waals surface area contributed by atoms with Crippen molar-refractivity contribution in [1.29, 1.82) is 0 Å². The Kier molecular flexibility index (Phi) is 11.2. The van der Waals surface area contributed by atoms with E-state index < -0.39 is 29.3 Å². The molecule has 0 fully saturated rings. The number of hydrogen-bond donors (Lipinski definition) is 0. The smallest absolute Gasteiger partial charge is 0.343 e. The average molecular weight is 631 g/mol. The fraction of sp³-hybridized carbons (Fsp3) is 0.333. The second-order valence-corrected chi connectivity index (χ2v) is 11.3. The van der Waals surface area contributed by atoms with Crippen LogP contribution in [0.25, 0.3) is 11.1 Å². The Hall–Kier alpha value is -5.12. The van der Waals surface area contributed by atoms with Crippen molar-refractivity contribution in [3.8, 4) is 28.4 Å². The van der Waals surface area contributed by atoms with Crippen molar-refractivity contribution in [2.24, 2.45) is 5.41 Å². The predicted molar refractivity (Wildman–Crippen MR) is 169 cm³/mol. The molecular formula is C36H38O10. The number of ether oxygens (including phenoxy) is 6. The molecule has 242 valence electrons. The maximum absolute atomic E-state index is 13.0. The minimum atomic E-state index is -1.01. The van der Waals surface area contributed by atoms with Gasteiger partial charge >= 0.3 is 23.9 Å². The molecule has 10 heteroatoms. The Balaban J connectivity index is 1.27. The van der Waals surface area contributed by atoms with Gasteiger partial charge in [-0.05, 0) is 84.6 Å². The molecule has 1 aliphatic rings. The van der Waals surface area contributed by atoms with E-state index in [9.17, 15) is 19.2 Å². The van der Waals surface area contributed by atoms with Crippen molar-refractivity contribution in [3.63, 3.8) is 0 Å². The van der Waals surface area contributed by atoms with Crippen LogP contribution in [0.1, 0.15) is 61.0 Å². The zero-order valence-corrected chi connectivity index (χ0v) is 26.5. The van der Waals surface area contributed by atoms with Gasteiger partial charge in [0.15, 0.2) is 0 Å². The van der Waals surface area contributed by atoms with Crippen molar-refractivity contribution in [3.05, 3.63) is 90.0 Å². The molecular weight excluding hydrogens is 592 g/mol. The highest BCUT2D eigenvalue weighted by Crippen LogP contribution is 2.46. The molecule has 3 aromatic carbocycles. The topological polar surface area (TPSA) is 124 Å². The first-order valence-electron chi connectivity index (χ1n) is 14.9. The first-order valence-corrected chi connectivity index (χ1v) is 14.9. The Bertz CT molecular complexity index is 1590. The first-order chi connectivity index (χ1) is 22.0. The minimum Gasteiger partial charge on any atom is -0.493 e. The molecule has 1 atom stereocenters. The van der Waals surface area contributed by atoms with Gasteiger partial charge in [0.05, 0.1) is 37.7 Å². The van der Waals surface area contributed by atoms with Crippen LogP contribution in [0.4, 0.5) is 0 Å². The van der Waals surface area contributed by atoms with Gasteiger partial charge in [0, 0.05) is 18.4 Å². The van der Waals surface area contributed by atoms with Crippen LogP contribution in [-0.2, 0) is 28.6 Å². The van der Waals surface area contributed by atoms with E-state index in [0.29, 0.717) is 30.1 Å². The van der Waals surface area contributed by atoms with Gasteiger partial charge < -0.3 is 28.4 Å². The van der Waals surface area contributed by atoms with Gasteiger partial charge in [0.25, 0.3) is 0 Å². The molecule has 10 nitrogen and oxygen atoms in total. The molecule has 0 amide bonds. The molecule has 1 aliphatic carbocycles. The number of hydrogen-bond acceptors (Lipinski definition) is 10. The van der Waals surface area contributed by atoms with Crippen molar-refractivity contribution in [1.82, 2.24) is 0 Å². The van der Waals surface area contributed by atoms with E-state index in [1.807, 2.05) is 30.3 Å². The van der Waals surface area contributed by atoms with E-state index >= 15 is 0 Å². The monoisotopic (exact) mass is 630 g/mol. The van der Waals surface area contributed by atoms with Crippen LogP contribution in [0, 0.1) is 5.41 Å². The molecule has 3 aromatic rings. The SMILES string of the molecule is C=CC(=O)OCCCOc1ccc2c(c1)C(C)c1cc(C(=O)Oc3ccc(OCCOC(=O)C(C)(C)CC(=O)OC)cc3)ccc1-2. The van der Waals surface area contributed by atoms with E-state index in [1.54, 1.807) is 44.2 Å². The molecule has 4 rings (SSSR count). The van der Waals surface area contributed by atoms with E-state index in [1.165, 1.54) is 7.11 Å². The van der Waals surface area contributed by atoms with Gasteiger partial charge in [-0.15, -0.1) is 0 Å². The summed E-state index contributed by atoms with van der Waals surface area (Å²) >= 11 is 0. The van der Waals surface area contributed by atoms with E-state index in [2.05, 4.69) is 18.2 Å². The van der Waals surface area contributed by atoms with Crippen molar-refractivity contribution in [2.45, 2.75) is 39.5 Å². The second-order valence-electron chi connectivity index (χ2n) is 11.3. The number of rotatable bonds is 15. The third kappa shape index (κ3) is 8.53. The maximum atomic E-state index is 13.0. The highest BCUT2D eigenvalue weighted by molar-refractivity contribution is 5.93. The number of carbonyl (C=O) groups is 4. The zero-order valence-electron chi connectivity index (χ0n) is 26.5. The summed E-state index contributed by atoms with van der Waals surface area (Å²) in [5.41, 5.74) is 3.69. The lowest BCUT2D eigenvalue weighted by molar-refractivity contribution is -0.160. The molecule has 0 saturated heterocycles. The first kappa shape index (κ1) is 33.8. The normalized spacial score (nSPS) is 13.1. The number of fused-ring (bicyclic) bond motifs is 3. The van der Waals surface area contributed by atoms with Gasteiger partial charge in [-0.3, -0.25) is 9.59 Å². The molecule has 0 N–H and O–H groups in total. The third-order valence-corrected chi connectivity index (χ3v) is 7.49. The average Bonchev–Trinajstić information content (AvgIpc) is 3.33. The predicted octanol–water partition coefficient (Wildman–Crippen LogP) is 6.05. The van der Waals surface area contributed by atoms with Crippen LogP contribution < -0.4 is 14.2 Å². The summed E-state index contributed by atoms with van der Waals surface area (Å²) in [5.74, 6) is -0.322. The molecule has 0 bridgehead atoms. The largest absolute Gasteiger partial charge is 0.493 e. The summed E-state index contributed by atoms with van der Waals surface area (Å²) in [6.07, 6.45) is 1.61. The number of benzene rings is 3. The molecule has 0 aliphatic heterocycles. The van der Waals surface area contributed by atoms with Crippen molar-refractivity contribution >= 4 is 23.9 Å². The lowest BCUT2D eigenvalue weighted by Crippen LogP contribution is -2.30. The summed E-state index contributed by atoms with van der Waals surface area (Å²) in [6.45, 7) is 9.45. The Morgan fingerprint density at radius 3 is 2.11 bits per heavy atom. The minimum absolute atomic E-state index is 0.00412. The second kappa shape index (κ2) is 15.2. The lowest BCUT2D eigenvalue weighted by atomic mass is 9.89. The van der Waals surface area contributed by atoms with E-state index in [-0.39, 0.29) is 32.2 Å². The van der Waals surface area contributed by atoms with Crippen LogP contribution in [0.3, 0.4) is 0 Å². The Labute approximate surface area is 268 Å². The van der Waals surface area contributed by atoms with Crippen molar-refractivity contribution < 1.29 is 47.6 Å². The van der Waals surface area contributed by atoms with Gasteiger partial charge in [-0.2, -0.15) is 0 Å². The maximum Gasteiger partial charge on any atom is 0.343 e. The molecule has 0 saturated carbocycles. The quantitative estimate of drug-likeness (QED) is 0.0645. The standard InChI is InChI=1S/C36H38O10/c1-6-32(37)44-17-7-16-42-27-13-15-29-28-14-8-24(20-30(28)23(2)31(29)21-27)34(39)46-26-11-9-25(10-12-26)43-18-19-45-35(40)36(3,4)22-33(38)41-5/h6,8-15,20-21,23H,1,7,16-19,22H2,2-5H3. The Morgan fingerprint density at radius 1 is 0.783 bits per heavy atom. The fourth-order valence-corrected chi connectivity index (χ4v) is 4.94. The molecule has 0 aromatic heterocycles. The summed E-state index contributed by atoms with van der Waals surface area (Å²) in [5, 5.41) is 0. The van der Waals surface area contributed by atoms with Crippen LogP contribution in [0.15, 0.2) is 73.3 Å². The summed E-state index contributed by atoms with van der Waals surface area (Å²) in [6, 6.07) is 18.0. The third-order valence-electron chi connectivity index (χ3n) is 7.49. The number of methoxy groups -OCH3 is 1. The number of esters is 4. The van der Waals surface area contributed by atoms with Gasteiger partial charge in [-0.25, -0.2) is 9.59 Å². The van der Waals surface area contributed by atoms with Gasteiger partial charge in [0.1, 0.15) is 30.5 Å². The summed E-state index contributed by atoms with van der Waals surface area (Å²) in [4.78, 5) is 47.9. The van der Waals surface area contributed by atoms with Gasteiger partial charge in [-0.1, -0.05) is 25.6 Å². The lowest BCUT2D eigenvalue weighted by Gasteiger charge is -2.21. The molecule has 46 heavy (non-hydrogen) atoms. The molecule has 0 spiro atoms. The molecule has 0 heterocycles. The van der Waals surface area contributed by atoms with E-state index in [0.717, 1.165) is 34.1 Å². The van der Waals surface area contributed by atoms with Crippen LogP contribution in [0.5, 0.6) is 17.2 Å². The fourth-order valence-electron chi connectivity index (χ4n) is 4.94. The highest BCUT2D eigenvalue weighted by atomic mass is 16.6. The molecule has 1 unspecified atom stereocenters.